The molecule has 7 nitrogen and oxygen atoms in total. The summed E-state index contributed by atoms with van der Waals surface area (Å²) in [5.74, 6) is -0.456. The van der Waals surface area contributed by atoms with Crippen molar-refractivity contribution >= 4 is 33.5 Å². The second-order valence-corrected chi connectivity index (χ2v) is 9.08. The molecule has 1 N–H and O–H groups in total. The van der Waals surface area contributed by atoms with Crippen LogP contribution in [0, 0.1) is 5.82 Å². The second kappa shape index (κ2) is 9.08. The number of imidazole rings is 1. The predicted molar refractivity (Wildman–Crippen MR) is 127 cm³/mol. The summed E-state index contributed by atoms with van der Waals surface area (Å²) < 4.78 is 16.4. The number of carbonyl (C=O) groups excluding carboxylic acids is 1. The average molecular weight is 480 g/mol. The van der Waals surface area contributed by atoms with Crippen molar-refractivity contribution in [2.75, 3.05) is 6.54 Å². The maximum atomic E-state index is 13.2. The first-order valence-electron chi connectivity index (χ1n) is 10.2. The lowest BCUT2D eigenvalue weighted by Gasteiger charge is -2.08. The number of halogens is 1. The number of thiazole rings is 1. The van der Waals surface area contributed by atoms with E-state index < -0.39 is 0 Å². The van der Waals surface area contributed by atoms with Crippen molar-refractivity contribution in [3.8, 4) is 21.8 Å². The number of benzene rings is 1. The Morgan fingerprint density at radius 2 is 1.91 bits per heavy atom. The minimum Gasteiger partial charge on any atom is -0.354 e. The molecular weight excluding hydrogens is 461 g/mol. The highest BCUT2D eigenvalue weighted by atomic mass is 32.1. The summed E-state index contributed by atoms with van der Waals surface area (Å²) in [6.45, 7) is 0.570. The van der Waals surface area contributed by atoms with Crippen LogP contribution < -0.4 is 10.9 Å². The van der Waals surface area contributed by atoms with Crippen LogP contribution in [0.15, 0.2) is 70.3 Å². The number of amides is 1. The fourth-order valence-corrected chi connectivity index (χ4v) is 4.97. The Bertz CT molecular complexity index is 1470. The van der Waals surface area contributed by atoms with Crippen LogP contribution in [0.4, 0.5) is 4.39 Å². The summed E-state index contributed by atoms with van der Waals surface area (Å²) in [6, 6.07) is 13.2. The number of nitrogens with one attached hydrogen (secondary N) is 1. The number of hydrogen-bond donors (Lipinski definition) is 1. The van der Waals surface area contributed by atoms with E-state index in [2.05, 4.69) is 15.4 Å². The molecule has 0 atom stereocenters. The number of fused-ring (bicyclic) bond motifs is 1. The highest BCUT2D eigenvalue weighted by Crippen LogP contribution is 2.24. The van der Waals surface area contributed by atoms with E-state index in [1.165, 1.54) is 34.2 Å². The maximum Gasteiger partial charge on any atom is 0.266 e. The normalized spacial score (nSPS) is 11.2. The third-order valence-electron chi connectivity index (χ3n) is 5.05. The van der Waals surface area contributed by atoms with Crippen LogP contribution in [-0.4, -0.2) is 31.6 Å². The van der Waals surface area contributed by atoms with Gasteiger partial charge in [-0.25, -0.2) is 14.1 Å². The molecule has 0 spiro atoms. The fraction of sp³-hybridized carbons (Fsp3) is 0.130. The molecule has 0 fully saturated rings. The topological polar surface area (TPSA) is 81.3 Å². The zero-order chi connectivity index (χ0) is 22.8. The van der Waals surface area contributed by atoms with E-state index >= 15 is 0 Å². The lowest BCUT2D eigenvalue weighted by atomic mass is 10.2. The summed E-state index contributed by atoms with van der Waals surface area (Å²) in [6.07, 6.45) is 2.03. The number of carbonyl (C=O) groups is 1. The van der Waals surface area contributed by atoms with E-state index in [0.717, 1.165) is 32.5 Å². The van der Waals surface area contributed by atoms with Crippen molar-refractivity contribution in [1.82, 2.24) is 24.5 Å². The number of hydrogen-bond acceptors (Lipinski definition) is 6. The molecule has 0 aliphatic carbocycles. The number of rotatable bonds is 7. The van der Waals surface area contributed by atoms with Gasteiger partial charge in [-0.2, -0.15) is 5.10 Å². The highest BCUT2D eigenvalue weighted by Gasteiger charge is 2.13. The van der Waals surface area contributed by atoms with Gasteiger partial charge in [0.15, 0.2) is 4.96 Å². The Kier molecular flexibility index (Phi) is 5.84. The molecule has 5 rings (SSSR count). The van der Waals surface area contributed by atoms with Gasteiger partial charge in [-0.05, 0) is 41.8 Å². The summed E-state index contributed by atoms with van der Waals surface area (Å²) >= 11 is 2.99. The minimum atomic E-state index is -0.298. The lowest BCUT2D eigenvalue weighted by Crippen LogP contribution is -2.32. The van der Waals surface area contributed by atoms with E-state index in [1.807, 2.05) is 33.5 Å². The molecule has 33 heavy (non-hydrogen) atoms. The van der Waals surface area contributed by atoms with Crippen molar-refractivity contribution in [1.29, 1.82) is 0 Å². The largest absolute Gasteiger partial charge is 0.354 e. The van der Waals surface area contributed by atoms with Gasteiger partial charge in [0.25, 0.3) is 5.56 Å². The molecule has 5 aromatic rings. The lowest BCUT2D eigenvalue weighted by molar-refractivity contribution is -0.120. The second-order valence-electron chi connectivity index (χ2n) is 7.30. The first-order chi connectivity index (χ1) is 16.1. The van der Waals surface area contributed by atoms with Gasteiger partial charge in [0.1, 0.15) is 11.5 Å². The molecule has 0 saturated carbocycles. The van der Waals surface area contributed by atoms with Crippen LogP contribution in [0.1, 0.15) is 5.69 Å². The molecule has 0 aliphatic heterocycles. The van der Waals surface area contributed by atoms with Crippen molar-refractivity contribution in [3.63, 3.8) is 0 Å². The van der Waals surface area contributed by atoms with Crippen LogP contribution in [0.3, 0.4) is 0 Å². The number of nitrogens with zero attached hydrogens (tertiary/aromatic N) is 4. The van der Waals surface area contributed by atoms with Gasteiger partial charge in [0.05, 0.1) is 23.5 Å². The average Bonchev–Trinajstić information content (AvgIpc) is 3.55. The van der Waals surface area contributed by atoms with Gasteiger partial charge < -0.3 is 5.32 Å². The van der Waals surface area contributed by atoms with Crippen LogP contribution in [-0.2, 0) is 17.8 Å². The third-order valence-corrected chi connectivity index (χ3v) is 6.83. The molecule has 1 aromatic carbocycles. The monoisotopic (exact) mass is 479 g/mol. The molecule has 0 saturated heterocycles. The first kappa shape index (κ1) is 21.2. The molecule has 4 aromatic heterocycles. The fourth-order valence-electron chi connectivity index (χ4n) is 3.41. The number of aromatic nitrogens is 4. The highest BCUT2D eigenvalue weighted by molar-refractivity contribution is 7.15. The minimum absolute atomic E-state index is 0.158. The van der Waals surface area contributed by atoms with Gasteiger partial charge in [-0.15, -0.1) is 22.7 Å². The van der Waals surface area contributed by atoms with Crippen LogP contribution >= 0.6 is 22.7 Å². The van der Waals surface area contributed by atoms with E-state index in [0.29, 0.717) is 0 Å². The zero-order valence-electron chi connectivity index (χ0n) is 17.3. The molecule has 0 unspecified atom stereocenters. The Morgan fingerprint density at radius 1 is 1.06 bits per heavy atom. The van der Waals surface area contributed by atoms with Crippen LogP contribution in [0.5, 0.6) is 0 Å². The van der Waals surface area contributed by atoms with Gasteiger partial charge in [-0.1, -0.05) is 6.07 Å². The number of thiophene rings is 1. The van der Waals surface area contributed by atoms with Crippen molar-refractivity contribution in [2.24, 2.45) is 0 Å². The molecule has 1 amide bonds. The summed E-state index contributed by atoms with van der Waals surface area (Å²) in [5.41, 5.74) is 2.86. The van der Waals surface area contributed by atoms with E-state index in [9.17, 15) is 14.0 Å². The molecule has 4 heterocycles. The SMILES string of the molecule is O=C(Cc1csc2nc(-c3ccc(F)cc3)cn12)NCCn1nc(-c2cccs2)ccc1=O. The predicted octanol–water partition coefficient (Wildman–Crippen LogP) is 3.85. The smallest absolute Gasteiger partial charge is 0.266 e. The van der Waals surface area contributed by atoms with Crippen molar-refractivity contribution < 1.29 is 9.18 Å². The zero-order valence-corrected chi connectivity index (χ0v) is 18.9. The van der Waals surface area contributed by atoms with Crippen molar-refractivity contribution in [2.45, 2.75) is 13.0 Å². The van der Waals surface area contributed by atoms with E-state index in [-0.39, 0.29) is 36.8 Å². The van der Waals surface area contributed by atoms with Crippen LogP contribution in [0.25, 0.3) is 26.8 Å². The van der Waals surface area contributed by atoms with Gasteiger partial charge in [0, 0.05) is 35.4 Å². The molecular formula is C23H18FN5O2S2. The Morgan fingerprint density at radius 3 is 2.70 bits per heavy atom. The van der Waals surface area contributed by atoms with Gasteiger partial charge in [-0.3, -0.25) is 14.0 Å². The Balaban J connectivity index is 1.22. The molecule has 166 valence electrons. The maximum absolute atomic E-state index is 13.2. The first-order valence-corrected chi connectivity index (χ1v) is 11.9. The summed E-state index contributed by atoms with van der Waals surface area (Å²) in [5, 5.41) is 11.1. The molecule has 0 radical (unpaired) electrons. The molecule has 0 aliphatic rings. The standard InChI is InChI=1S/C23H18FN5O2S2/c24-16-5-3-15(4-6-16)19-13-28-17(14-33-23(28)26-19)12-21(30)25-9-10-29-22(31)8-7-18(27-29)20-2-1-11-32-20/h1-8,11,13-14H,9-10,12H2,(H,25,30). The third kappa shape index (κ3) is 4.62. The van der Waals surface area contributed by atoms with Crippen molar-refractivity contribution in [3.05, 3.63) is 87.4 Å². The summed E-state index contributed by atoms with van der Waals surface area (Å²) in [4.78, 5) is 30.9. The Labute approximate surface area is 195 Å². The van der Waals surface area contributed by atoms with E-state index in [1.54, 1.807) is 29.5 Å². The van der Waals surface area contributed by atoms with Crippen LogP contribution in [0.2, 0.25) is 0 Å². The van der Waals surface area contributed by atoms with Gasteiger partial charge >= 0.3 is 0 Å². The molecule has 10 heteroatoms. The van der Waals surface area contributed by atoms with E-state index in [4.69, 9.17) is 0 Å². The molecule has 0 bridgehead atoms. The Hall–Kier alpha value is -3.63. The quantitative estimate of drug-likeness (QED) is 0.385. The van der Waals surface area contributed by atoms with Gasteiger partial charge in [0.2, 0.25) is 5.91 Å². The summed E-state index contributed by atoms with van der Waals surface area (Å²) in [7, 11) is 0.